The van der Waals surface area contributed by atoms with E-state index < -0.39 is 0 Å². The van der Waals surface area contributed by atoms with Crippen molar-refractivity contribution in [3.05, 3.63) is 72.8 Å². The van der Waals surface area contributed by atoms with E-state index in [1.807, 2.05) is 47.4 Å². The van der Waals surface area contributed by atoms with E-state index in [4.69, 9.17) is 4.74 Å². The van der Waals surface area contributed by atoms with Crippen molar-refractivity contribution in [2.75, 3.05) is 25.5 Å². The van der Waals surface area contributed by atoms with Gasteiger partial charge in [-0.3, -0.25) is 9.69 Å². The van der Waals surface area contributed by atoms with Crippen molar-refractivity contribution < 1.29 is 9.53 Å². The number of hydrogen-bond acceptors (Lipinski definition) is 3. The van der Waals surface area contributed by atoms with Crippen LogP contribution in [0.5, 0.6) is 5.75 Å². The highest BCUT2D eigenvalue weighted by atomic mass is 16.5. The summed E-state index contributed by atoms with van der Waals surface area (Å²) in [5.74, 6) is 0.658. The van der Waals surface area contributed by atoms with Gasteiger partial charge >= 0.3 is 0 Å². The smallest absolute Gasteiger partial charge is 0.238 e. The minimum Gasteiger partial charge on any atom is -0.497 e. The Balaban J connectivity index is 1.95. The fraction of sp³-hybridized carbons (Fsp3) is 0.211. The van der Waals surface area contributed by atoms with Gasteiger partial charge in [0.05, 0.1) is 13.7 Å². The van der Waals surface area contributed by atoms with Crippen LogP contribution in [-0.4, -0.2) is 31.0 Å². The Labute approximate surface area is 137 Å². The first-order valence-corrected chi connectivity index (χ1v) is 7.52. The summed E-state index contributed by atoms with van der Waals surface area (Å²) in [5, 5.41) is 2.90. The molecule has 0 saturated carbocycles. The van der Waals surface area contributed by atoms with Crippen LogP contribution in [0.3, 0.4) is 0 Å². The number of rotatable bonds is 8. The van der Waals surface area contributed by atoms with Crippen molar-refractivity contribution in [3.63, 3.8) is 0 Å². The molecule has 0 spiro atoms. The van der Waals surface area contributed by atoms with Crippen LogP contribution in [0.4, 0.5) is 5.69 Å². The minimum absolute atomic E-state index is 0.0592. The molecular formula is C19H22N2O2. The predicted octanol–water partition coefficient (Wildman–Crippen LogP) is 3.32. The van der Waals surface area contributed by atoms with E-state index in [2.05, 4.69) is 24.0 Å². The maximum Gasteiger partial charge on any atom is 0.238 e. The first kappa shape index (κ1) is 16.8. The van der Waals surface area contributed by atoms with Gasteiger partial charge in [-0.15, -0.1) is 6.58 Å². The molecule has 0 fully saturated rings. The fourth-order valence-corrected chi connectivity index (χ4v) is 2.31. The molecule has 120 valence electrons. The molecule has 0 radical (unpaired) electrons. The Hall–Kier alpha value is -2.59. The molecule has 0 saturated heterocycles. The lowest BCUT2D eigenvalue weighted by Gasteiger charge is -2.20. The molecule has 0 heterocycles. The van der Waals surface area contributed by atoms with E-state index >= 15 is 0 Å². The van der Waals surface area contributed by atoms with Gasteiger partial charge in [0, 0.05) is 24.8 Å². The Bertz CT molecular complexity index is 641. The number of methoxy groups -OCH3 is 1. The van der Waals surface area contributed by atoms with Crippen molar-refractivity contribution in [1.29, 1.82) is 0 Å². The van der Waals surface area contributed by atoms with Gasteiger partial charge in [0.2, 0.25) is 5.91 Å². The van der Waals surface area contributed by atoms with Gasteiger partial charge in [-0.1, -0.05) is 42.5 Å². The number of nitrogens with one attached hydrogen (secondary N) is 1. The molecule has 0 atom stereocenters. The molecule has 1 N–H and O–H groups in total. The minimum atomic E-state index is -0.0592. The first-order chi connectivity index (χ1) is 11.2. The number of ether oxygens (including phenoxy) is 1. The number of anilines is 1. The van der Waals surface area contributed by atoms with Gasteiger partial charge in [-0.05, 0) is 17.7 Å². The zero-order valence-electron chi connectivity index (χ0n) is 13.4. The molecule has 1 amide bonds. The van der Waals surface area contributed by atoms with Gasteiger partial charge in [0.25, 0.3) is 0 Å². The SMILES string of the molecule is C=CCN(CC(=O)Nc1cccc(OC)c1)Cc1ccccc1. The summed E-state index contributed by atoms with van der Waals surface area (Å²) in [6, 6.07) is 17.4. The normalized spacial score (nSPS) is 10.3. The summed E-state index contributed by atoms with van der Waals surface area (Å²) in [6.45, 7) is 5.43. The Kier molecular flexibility index (Phi) is 6.39. The maximum absolute atomic E-state index is 12.3. The number of nitrogens with zero attached hydrogens (tertiary/aromatic N) is 1. The molecule has 4 heteroatoms. The summed E-state index contributed by atoms with van der Waals surface area (Å²) in [6.07, 6.45) is 1.81. The van der Waals surface area contributed by atoms with E-state index in [0.29, 0.717) is 19.6 Å². The van der Waals surface area contributed by atoms with Crippen molar-refractivity contribution in [2.24, 2.45) is 0 Å². The number of benzene rings is 2. The molecule has 0 aliphatic rings. The molecule has 0 bridgehead atoms. The Morgan fingerprint density at radius 3 is 2.70 bits per heavy atom. The second kappa shape index (κ2) is 8.76. The highest BCUT2D eigenvalue weighted by molar-refractivity contribution is 5.92. The van der Waals surface area contributed by atoms with E-state index in [9.17, 15) is 4.79 Å². The largest absolute Gasteiger partial charge is 0.497 e. The molecule has 0 unspecified atom stereocenters. The van der Waals surface area contributed by atoms with E-state index in [0.717, 1.165) is 11.4 Å². The second-order valence-electron chi connectivity index (χ2n) is 5.22. The molecule has 2 rings (SSSR count). The highest BCUT2D eigenvalue weighted by Crippen LogP contribution is 2.16. The summed E-state index contributed by atoms with van der Waals surface area (Å²) in [5.41, 5.74) is 1.90. The predicted molar refractivity (Wildman–Crippen MR) is 93.5 cm³/mol. The number of carbonyl (C=O) groups is 1. The lowest BCUT2D eigenvalue weighted by atomic mass is 10.2. The fourth-order valence-electron chi connectivity index (χ4n) is 2.31. The van der Waals surface area contributed by atoms with Crippen LogP contribution < -0.4 is 10.1 Å². The van der Waals surface area contributed by atoms with Crippen LogP contribution in [0.2, 0.25) is 0 Å². The third-order valence-electron chi connectivity index (χ3n) is 3.36. The number of carbonyl (C=O) groups excluding carboxylic acids is 1. The topological polar surface area (TPSA) is 41.6 Å². The average Bonchev–Trinajstić information content (AvgIpc) is 2.56. The average molecular weight is 310 g/mol. The van der Waals surface area contributed by atoms with Crippen LogP contribution in [0.15, 0.2) is 67.3 Å². The van der Waals surface area contributed by atoms with Crippen LogP contribution in [0, 0.1) is 0 Å². The second-order valence-corrected chi connectivity index (χ2v) is 5.22. The molecule has 2 aromatic carbocycles. The van der Waals surface area contributed by atoms with Gasteiger partial charge in [0.15, 0.2) is 0 Å². The molecule has 0 aromatic heterocycles. The quantitative estimate of drug-likeness (QED) is 0.761. The van der Waals surface area contributed by atoms with Gasteiger partial charge < -0.3 is 10.1 Å². The van der Waals surface area contributed by atoms with E-state index in [1.54, 1.807) is 13.2 Å². The molecular weight excluding hydrogens is 288 g/mol. The standard InChI is InChI=1S/C19H22N2O2/c1-3-12-21(14-16-8-5-4-6-9-16)15-19(22)20-17-10-7-11-18(13-17)23-2/h3-11,13H,1,12,14-15H2,2H3,(H,20,22). The summed E-state index contributed by atoms with van der Waals surface area (Å²) in [7, 11) is 1.60. The Morgan fingerprint density at radius 2 is 2.00 bits per heavy atom. The van der Waals surface area contributed by atoms with Crippen molar-refractivity contribution >= 4 is 11.6 Å². The molecule has 0 aliphatic carbocycles. The van der Waals surface area contributed by atoms with Crippen LogP contribution in [-0.2, 0) is 11.3 Å². The zero-order chi connectivity index (χ0) is 16.5. The van der Waals surface area contributed by atoms with Gasteiger partial charge in [-0.2, -0.15) is 0 Å². The number of amides is 1. The van der Waals surface area contributed by atoms with Crippen LogP contribution in [0.25, 0.3) is 0 Å². The van der Waals surface area contributed by atoms with Crippen LogP contribution in [0.1, 0.15) is 5.56 Å². The van der Waals surface area contributed by atoms with E-state index in [1.165, 1.54) is 5.56 Å². The lowest BCUT2D eigenvalue weighted by Crippen LogP contribution is -2.33. The lowest BCUT2D eigenvalue weighted by molar-refractivity contribution is -0.117. The van der Waals surface area contributed by atoms with Gasteiger partial charge in [-0.25, -0.2) is 0 Å². The summed E-state index contributed by atoms with van der Waals surface area (Å²) in [4.78, 5) is 14.3. The van der Waals surface area contributed by atoms with Crippen LogP contribution >= 0.6 is 0 Å². The van der Waals surface area contributed by atoms with Crippen molar-refractivity contribution in [1.82, 2.24) is 4.90 Å². The molecule has 0 aliphatic heterocycles. The first-order valence-electron chi connectivity index (χ1n) is 7.52. The zero-order valence-corrected chi connectivity index (χ0v) is 13.4. The molecule has 4 nitrogen and oxygen atoms in total. The monoisotopic (exact) mass is 310 g/mol. The number of hydrogen-bond donors (Lipinski definition) is 1. The van der Waals surface area contributed by atoms with E-state index in [-0.39, 0.29) is 5.91 Å². The molecule has 2 aromatic rings. The maximum atomic E-state index is 12.3. The molecule has 23 heavy (non-hydrogen) atoms. The summed E-state index contributed by atoms with van der Waals surface area (Å²) < 4.78 is 5.16. The Morgan fingerprint density at radius 1 is 1.22 bits per heavy atom. The third kappa shape index (κ3) is 5.60. The third-order valence-corrected chi connectivity index (χ3v) is 3.36. The van der Waals surface area contributed by atoms with Gasteiger partial charge in [0.1, 0.15) is 5.75 Å². The summed E-state index contributed by atoms with van der Waals surface area (Å²) >= 11 is 0. The van der Waals surface area contributed by atoms with Crippen molar-refractivity contribution in [2.45, 2.75) is 6.54 Å². The van der Waals surface area contributed by atoms with Crippen molar-refractivity contribution in [3.8, 4) is 5.75 Å². The highest BCUT2D eigenvalue weighted by Gasteiger charge is 2.10.